The van der Waals surface area contributed by atoms with E-state index >= 15 is 0 Å². The standard InChI is InChI=1S/C22H29N3O4/c1-28-18-9-7-17(8-10-18)19(25-13-3-2-4-14-25)16-24-21(26)11-12-23-22(27)20-6-5-15-29-20/h5-10,15,19H,2-4,11-14,16H2,1H3,(H,23,27)(H,24,26). The SMILES string of the molecule is COc1ccc(C(CNC(=O)CCNC(=O)c2ccco2)N2CCCCC2)cc1. The molecule has 1 aliphatic heterocycles. The van der Waals surface area contributed by atoms with Gasteiger partial charge in [0.2, 0.25) is 5.91 Å². The fourth-order valence-corrected chi connectivity index (χ4v) is 3.60. The highest BCUT2D eigenvalue weighted by atomic mass is 16.5. The molecular formula is C22H29N3O4. The molecule has 1 aromatic heterocycles. The Labute approximate surface area is 171 Å². The summed E-state index contributed by atoms with van der Waals surface area (Å²) in [5.74, 6) is 0.671. The van der Waals surface area contributed by atoms with Crippen molar-refractivity contribution in [3.63, 3.8) is 0 Å². The van der Waals surface area contributed by atoms with E-state index < -0.39 is 0 Å². The van der Waals surface area contributed by atoms with Crippen LogP contribution in [0.5, 0.6) is 5.75 Å². The number of rotatable bonds is 9. The molecule has 1 atom stereocenters. The Kier molecular flexibility index (Phi) is 7.69. The summed E-state index contributed by atoms with van der Waals surface area (Å²) in [6.45, 7) is 2.87. The number of likely N-dealkylation sites (tertiary alicyclic amines) is 1. The zero-order valence-corrected chi connectivity index (χ0v) is 16.9. The summed E-state index contributed by atoms with van der Waals surface area (Å²) < 4.78 is 10.3. The Morgan fingerprint density at radius 2 is 1.86 bits per heavy atom. The maximum atomic E-state index is 12.3. The summed E-state index contributed by atoms with van der Waals surface area (Å²) in [5.41, 5.74) is 1.17. The van der Waals surface area contributed by atoms with E-state index in [1.165, 1.54) is 31.1 Å². The number of furan rings is 1. The molecule has 29 heavy (non-hydrogen) atoms. The number of methoxy groups -OCH3 is 1. The molecule has 2 N–H and O–H groups in total. The third kappa shape index (κ3) is 6.09. The van der Waals surface area contributed by atoms with Gasteiger partial charge in [0, 0.05) is 19.5 Å². The second-order valence-electron chi connectivity index (χ2n) is 7.17. The summed E-state index contributed by atoms with van der Waals surface area (Å²) >= 11 is 0. The molecule has 1 aliphatic rings. The zero-order valence-electron chi connectivity index (χ0n) is 16.9. The van der Waals surface area contributed by atoms with Gasteiger partial charge in [0.15, 0.2) is 5.76 Å². The fraction of sp³-hybridized carbons (Fsp3) is 0.455. The van der Waals surface area contributed by atoms with Crippen LogP contribution in [0.2, 0.25) is 0 Å². The van der Waals surface area contributed by atoms with Gasteiger partial charge in [0.25, 0.3) is 5.91 Å². The minimum Gasteiger partial charge on any atom is -0.497 e. The average Bonchev–Trinajstić information content (AvgIpc) is 3.30. The summed E-state index contributed by atoms with van der Waals surface area (Å²) in [6.07, 6.45) is 5.29. The lowest BCUT2D eigenvalue weighted by atomic mass is 10.0. The monoisotopic (exact) mass is 399 g/mol. The largest absolute Gasteiger partial charge is 0.497 e. The first-order valence-electron chi connectivity index (χ1n) is 10.1. The van der Waals surface area contributed by atoms with Crippen molar-refractivity contribution < 1.29 is 18.7 Å². The molecule has 1 fully saturated rings. The number of nitrogens with one attached hydrogen (secondary N) is 2. The summed E-state index contributed by atoms with van der Waals surface area (Å²) in [6, 6.07) is 11.4. The number of hydrogen-bond acceptors (Lipinski definition) is 5. The molecule has 0 spiro atoms. The quantitative estimate of drug-likeness (QED) is 0.677. The minimum atomic E-state index is -0.313. The first kappa shape index (κ1) is 20.9. The number of benzene rings is 1. The number of piperidine rings is 1. The van der Waals surface area contributed by atoms with Crippen LogP contribution < -0.4 is 15.4 Å². The molecule has 7 heteroatoms. The van der Waals surface area contributed by atoms with Crippen molar-refractivity contribution in [3.05, 3.63) is 54.0 Å². The Hall–Kier alpha value is -2.80. The minimum absolute atomic E-state index is 0.0831. The lowest BCUT2D eigenvalue weighted by molar-refractivity contribution is -0.121. The smallest absolute Gasteiger partial charge is 0.286 e. The predicted octanol–water partition coefficient (Wildman–Crippen LogP) is 2.75. The van der Waals surface area contributed by atoms with Gasteiger partial charge in [-0.1, -0.05) is 18.6 Å². The number of nitrogens with zero attached hydrogens (tertiary/aromatic N) is 1. The van der Waals surface area contributed by atoms with Crippen molar-refractivity contribution in [1.29, 1.82) is 0 Å². The van der Waals surface area contributed by atoms with Gasteiger partial charge in [-0.05, 0) is 55.8 Å². The van der Waals surface area contributed by atoms with E-state index in [0.717, 1.165) is 18.8 Å². The van der Waals surface area contributed by atoms with Crippen molar-refractivity contribution in [2.45, 2.75) is 31.7 Å². The van der Waals surface area contributed by atoms with Gasteiger partial charge in [-0.25, -0.2) is 0 Å². The molecule has 2 aromatic rings. The highest BCUT2D eigenvalue weighted by Crippen LogP contribution is 2.25. The van der Waals surface area contributed by atoms with E-state index in [2.05, 4.69) is 27.7 Å². The molecule has 1 saturated heterocycles. The summed E-state index contributed by atoms with van der Waals surface area (Å²) in [4.78, 5) is 26.6. The first-order chi connectivity index (χ1) is 14.2. The van der Waals surface area contributed by atoms with E-state index in [1.54, 1.807) is 19.2 Å². The van der Waals surface area contributed by atoms with E-state index in [1.807, 2.05) is 12.1 Å². The third-order valence-electron chi connectivity index (χ3n) is 5.21. The fourth-order valence-electron chi connectivity index (χ4n) is 3.60. The van der Waals surface area contributed by atoms with Gasteiger partial charge in [0.1, 0.15) is 5.75 Å². The number of carbonyl (C=O) groups is 2. The molecule has 2 amide bonds. The van der Waals surface area contributed by atoms with Crippen molar-refractivity contribution in [2.75, 3.05) is 33.3 Å². The van der Waals surface area contributed by atoms with E-state index in [4.69, 9.17) is 9.15 Å². The van der Waals surface area contributed by atoms with Gasteiger partial charge in [-0.3, -0.25) is 14.5 Å². The first-order valence-corrected chi connectivity index (χ1v) is 10.1. The van der Waals surface area contributed by atoms with E-state index in [0.29, 0.717) is 6.54 Å². The van der Waals surface area contributed by atoms with Crippen LogP contribution in [0.4, 0.5) is 0 Å². The average molecular weight is 399 g/mol. The molecular weight excluding hydrogens is 370 g/mol. The van der Waals surface area contributed by atoms with Crippen molar-refractivity contribution >= 4 is 11.8 Å². The van der Waals surface area contributed by atoms with Crippen LogP contribution in [0.3, 0.4) is 0 Å². The van der Waals surface area contributed by atoms with Crippen LogP contribution >= 0.6 is 0 Å². The lowest BCUT2D eigenvalue weighted by Crippen LogP contribution is -2.41. The number of ether oxygens (including phenoxy) is 1. The van der Waals surface area contributed by atoms with Gasteiger partial charge in [-0.2, -0.15) is 0 Å². The molecule has 1 aromatic carbocycles. The third-order valence-corrected chi connectivity index (χ3v) is 5.21. The molecule has 0 radical (unpaired) electrons. The van der Waals surface area contributed by atoms with Crippen LogP contribution in [-0.2, 0) is 4.79 Å². The van der Waals surface area contributed by atoms with Gasteiger partial charge >= 0.3 is 0 Å². The van der Waals surface area contributed by atoms with Gasteiger partial charge in [-0.15, -0.1) is 0 Å². The molecule has 0 bridgehead atoms. The Balaban J connectivity index is 1.51. The maximum Gasteiger partial charge on any atom is 0.286 e. The second kappa shape index (κ2) is 10.7. The van der Waals surface area contributed by atoms with Crippen LogP contribution in [-0.4, -0.2) is 50.0 Å². The number of hydrogen-bond donors (Lipinski definition) is 2. The van der Waals surface area contributed by atoms with Crippen molar-refractivity contribution in [2.24, 2.45) is 0 Å². The molecule has 2 heterocycles. The zero-order chi connectivity index (χ0) is 20.5. The molecule has 1 unspecified atom stereocenters. The summed E-state index contributed by atoms with van der Waals surface area (Å²) in [7, 11) is 1.65. The lowest BCUT2D eigenvalue weighted by Gasteiger charge is -2.35. The van der Waals surface area contributed by atoms with Crippen LogP contribution in [0.15, 0.2) is 47.1 Å². The maximum absolute atomic E-state index is 12.3. The van der Waals surface area contributed by atoms with Crippen molar-refractivity contribution in [1.82, 2.24) is 15.5 Å². The van der Waals surface area contributed by atoms with Crippen LogP contribution in [0.25, 0.3) is 0 Å². The second-order valence-corrected chi connectivity index (χ2v) is 7.17. The van der Waals surface area contributed by atoms with Gasteiger partial charge < -0.3 is 19.8 Å². The number of amides is 2. The topological polar surface area (TPSA) is 83.8 Å². The van der Waals surface area contributed by atoms with Crippen LogP contribution in [0.1, 0.15) is 47.8 Å². The Morgan fingerprint density at radius 1 is 1.10 bits per heavy atom. The molecule has 0 saturated carbocycles. The predicted molar refractivity (Wildman–Crippen MR) is 110 cm³/mol. The highest BCUT2D eigenvalue weighted by molar-refractivity contribution is 5.91. The molecule has 7 nitrogen and oxygen atoms in total. The molecule has 3 rings (SSSR count). The summed E-state index contributed by atoms with van der Waals surface area (Å²) in [5, 5.41) is 5.72. The normalized spacial score (nSPS) is 15.5. The Bertz CT molecular complexity index is 768. The Morgan fingerprint density at radius 3 is 2.52 bits per heavy atom. The molecule has 156 valence electrons. The highest BCUT2D eigenvalue weighted by Gasteiger charge is 2.23. The van der Waals surface area contributed by atoms with E-state index in [-0.39, 0.29) is 36.6 Å². The van der Waals surface area contributed by atoms with Crippen LogP contribution in [0, 0.1) is 0 Å². The molecule has 0 aliphatic carbocycles. The van der Waals surface area contributed by atoms with E-state index in [9.17, 15) is 9.59 Å². The van der Waals surface area contributed by atoms with Crippen molar-refractivity contribution in [3.8, 4) is 5.75 Å². The number of carbonyl (C=O) groups excluding carboxylic acids is 2. The van der Waals surface area contributed by atoms with Gasteiger partial charge in [0.05, 0.1) is 19.4 Å².